The number of benzene rings is 1. The summed E-state index contributed by atoms with van der Waals surface area (Å²) in [6.45, 7) is 3.55. The predicted octanol–water partition coefficient (Wildman–Crippen LogP) is 2.07. The monoisotopic (exact) mass is 235 g/mol. The van der Waals surface area contributed by atoms with Crippen LogP contribution in [-0.2, 0) is 0 Å². The average Bonchev–Trinajstić information content (AvgIpc) is 3.07. The lowest BCUT2D eigenvalue weighted by molar-refractivity contribution is -0.384. The van der Waals surface area contributed by atoms with Crippen molar-refractivity contribution in [1.82, 2.24) is 5.32 Å². The lowest BCUT2D eigenvalue weighted by Crippen LogP contribution is -2.23. The Kier molecular flexibility index (Phi) is 3.58. The molecule has 5 heteroatoms. The van der Waals surface area contributed by atoms with E-state index in [0.717, 1.165) is 24.3 Å². The van der Waals surface area contributed by atoms with Crippen LogP contribution in [0.1, 0.15) is 18.4 Å². The van der Waals surface area contributed by atoms with E-state index < -0.39 is 0 Å². The molecule has 2 rings (SSSR count). The van der Waals surface area contributed by atoms with Gasteiger partial charge < -0.3 is 10.6 Å². The molecule has 0 saturated heterocycles. The fourth-order valence-electron chi connectivity index (χ4n) is 1.74. The quantitative estimate of drug-likeness (QED) is 0.450. The summed E-state index contributed by atoms with van der Waals surface area (Å²) in [5.41, 5.74) is 1.86. The molecule has 1 aliphatic carbocycles. The molecule has 0 heterocycles. The molecular formula is C12H17N3O2. The van der Waals surface area contributed by atoms with Gasteiger partial charge in [0.2, 0.25) is 0 Å². The second-order valence-corrected chi connectivity index (χ2v) is 4.47. The molecule has 1 fully saturated rings. The van der Waals surface area contributed by atoms with Crippen molar-refractivity contribution in [3.8, 4) is 0 Å². The lowest BCUT2D eigenvalue weighted by Gasteiger charge is -2.07. The second-order valence-electron chi connectivity index (χ2n) is 4.47. The van der Waals surface area contributed by atoms with Crippen LogP contribution in [-0.4, -0.2) is 24.1 Å². The number of hydrogen-bond donors (Lipinski definition) is 2. The van der Waals surface area contributed by atoms with Crippen LogP contribution < -0.4 is 10.6 Å². The number of hydrogen-bond acceptors (Lipinski definition) is 4. The Morgan fingerprint density at radius 3 is 2.76 bits per heavy atom. The average molecular weight is 235 g/mol. The normalized spacial score (nSPS) is 14.6. The number of non-ortho nitro benzene ring substituents is 1. The molecule has 0 aromatic heterocycles. The summed E-state index contributed by atoms with van der Waals surface area (Å²) in [4.78, 5) is 10.3. The van der Waals surface area contributed by atoms with Gasteiger partial charge in [0.1, 0.15) is 0 Å². The molecule has 0 atom stereocenters. The van der Waals surface area contributed by atoms with Gasteiger partial charge in [0, 0.05) is 37.0 Å². The van der Waals surface area contributed by atoms with Gasteiger partial charge >= 0.3 is 0 Å². The third-order valence-electron chi connectivity index (χ3n) is 2.74. The molecular weight excluding hydrogens is 218 g/mol. The largest absolute Gasteiger partial charge is 0.384 e. The van der Waals surface area contributed by atoms with Crippen molar-refractivity contribution in [2.75, 3.05) is 18.4 Å². The zero-order chi connectivity index (χ0) is 12.3. The fraction of sp³-hybridized carbons (Fsp3) is 0.500. The maximum atomic E-state index is 10.7. The SMILES string of the molecule is Cc1cc(NCCNC2CC2)cc([N+](=O)[O-])c1. The number of nitrogens with zero attached hydrogens (tertiary/aromatic N) is 1. The highest BCUT2D eigenvalue weighted by Gasteiger charge is 2.19. The molecule has 1 saturated carbocycles. The van der Waals surface area contributed by atoms with E-state index in [9.17, 15) is 10.1 Å². The van der Waals surface area contributed by atoms with Crippen molar-refractivity contribution < 1.29 is 4.92 Å². The Morgan fingerprint density at radius 1 is 1.35 bits per heavy atom. The van der Waals surface area contributed by atoms with E-state index >= 15 is 0 Å². The minimum atomic E-state index is -0.360. The van der Waals surface area contributed by atoms with Crippen molar-refractivity contribution in [3.05, 3.63) is 33.9 Å². The van der Waals surface area contributed by atoms with Crippen LogP contribution in [0.3, 0.4) is 0 Å². The Labute approximate surface area is 100 Å². The Balaban J connectivity index is 1.87. The summed E-state index contributed by atoms with van der Waals surface area (Å²) in [7, 11) is 0. The Morgan fingerprint density at radius 2 is 2.12 bits per heavy atom. The third-order valence-corrected chi connectivity index (χ3v) is 2.74. The van der Waals surface area contributed by atoms with Crippen LogP contribution in [0.25, 0.3) is 0 Å². The van der Waals surface area contributed by atoms with Crippen molar-refractivity contribution in [3.63, 3.8) is 0 Å². The molecule has 92 valence electrons. The first-order chi connectivity index (χ1) is 8.15. The van der Waals surface area contributed by atoms with Gasteiger partial charge in [-0.15, -0.1) is 0 Å². The zero-order valence-electron chi connectivity index (χ0n) is 9.90. The molecule has 17 heavy (non-hydrogen) atoms. The van der Waals surface area contributed by atoms with Gasteiger partial charge in [0.25, 0.3) is 5.69 Å². The zero-order valence-corrected chi connectivity index (χ0v) is 9.90. The molecule has 1 aliphatic rings. The van der Waals surface area contributed by atoms with Crippen LogP contribution in [0.5, 0.6) is 0 Å². The number of nitrogens with one attached hydrogen (secondary N) is 2. The van der Waals surface area contributed by atoms with Gasteiger partial charge in [-0.3, -0.25) is 10.1 Å². The molecule has 2 N–H and O–H groups in total. The number of rotatable bonds is 6. The maximum Gasteiger partial charge on any atom is 0.271 e. The molecule has 0 bridgehead atoms. The minimum absolute atomic E-state index is 0.141. The predicted molar refractivity (Wildman–Crippen MR) is 67.3 cm³/mol. The fourth-order valence-corrected chi connectivity index (χ4v) is 1.74. The van der Waals surface area contributed by atoms with Crippen molar-refractivity contribution >= 4 is 11.4 Å². The van der Waals surface area contributed by atoms with Crippen molar-refractivity contribution in [1.29, 1.82) is 0 Å². The first-order valence-electron chi connectivity index (χ1n) is 5.88. The van der Waals surface area contributed by atoms with Crippen LogP contribution >= 0.6 is 0 Å². The highest BCUT2D eigenvalue weighted by atomic mass is 16.6. The summed E-state index contributed by atoms with van der Waals surface area (Å²) < 4.78 is 0. The maximum absolute atomic E-state index is 10.7. The third kappa shape index (κ3) is 3.71. The van der Waals surface area contributed by atoms with Crippen molar-refractivity contribution in [2.24, 2.45) is 0 Å². The molecule has 0 aliphatic heterocycles. The van der Waals surface area contributed by atoms with Crippen LogP contribution in [0.4, 0.5) is 11.4 Å². The van der Waals surface area contributed by atoms with Gasteiger partial charge in [-0.1, -0.05) is 0 Å². The van der Waals surface area contributed by atoms with Crippen LogP contribution in [0.15, 0.2) is 18.2 Å². The van der Waals surface area contributed by atoms with E-state index in [1.165, 1.54) is 12.8 Å². The Hall–Kier alpha value is -1.62. The van der Waals surface area contributed by atoms with Crippen LogP contribution in [0.2, 0.25) is 0 Å². The first kappa shape index (κ1) is 11.9. The molecule has 0 amide bonds. The van der Waals surface area contributed by atoms with E-state index in [1.807, 2.05) is 13.0 Å². The van der Waals surface area contributed by atoms with E-state index in [4.69, 9.17) is 0 Å². The molecule has 0 spiro atoms. The first-order valence-corrected chi connectivity index (χ1v) is 5.88. The summed E-state index contributed by atoms with van der Waals surface area (Å²) in [6, 6.07) is 5.77. The molecule has 1 aromatic carbocycles. The second kappa shape index (κ2) is 5.14. The molecule has 5 nitrogen and oxygen atoms in total. The van der Waals surface area contributed by atoms with Gasteiger partial charge in [0.15, 0.2) is 0 Å². The van der Waals surface area contributed by atoms with E-state index in [1.54, 1.807) is 12.1 Å². The topological polar surface area (TPSA) is 67.2 Å². The summed E-state index contributed by atoms with van der Waals surface area (Å²) in [5, 5.41) is 17.3. The van der Waals surface area contributed by atoms with Gasteiger partial charge in [-0.25, -0.2) is 0 Å². The summed E-state index contributed by atoms with van der Waals surface area (Å²) >= 11 is 0. The summed E-state index contributed by atoms with van der Waals surface area (Å²) in [6.07, 6.45) is 2.55. The van der Waals surface area contributed by atoms with Gasteiger partial charge in [-0.05, 0) is 31.4 Å². The number of nitro benzene ring substituents is 1. The molecule has 0 radical (unpaired) electrons. The Bertz CT molecular complexity index is 416. The van der Waals surface area contributed by atoms with Gasteiger partial charge in [0.05, 0.1) is 4.92 Å². The minimum Gasteiger partial charge on any atom is -0.384 e. The standard InChI is InChI=1S/C12H17N3O2/c1-9-6-11(8-12(7-9)15(16)17)14-5-4-13-10-2-3-10/h6-8,10,13-14H,2-5H2,1H3. The molecule has 1 aromatic rings. The smallest absolute Gasteiger partial charge is 0.271 e. The number of anilines is 1. The lowest BCUT2D eigenvalue weighted by atomic mass is 10.2. The van der Waals surface area contributed by atoms with E-state index in [-0.39, 0.29) is 10.6 Å². The van der Waals surface area contributed by atoms with E-state index in [0.29, 0.717) is 6.04 Å². The summed E-state index contributed by atoms with van der Waals surface area (Å²) in [5.74, 6) is 0. The van der Waals surface area contributed by atoms with Gasteiger partial charge in [-0.2, -0.15) is 0 Å². The number of aryl methyl sites for hydroxylation is 1. The van der Waals surface area contributed by atoms with Crippen LogP contribution in [0, 0.1) is 17.0 Å². The highest BCUT2D eigenvalue weighted by Crippen LogP contribution is 2.20. The highest BCUT2D eigenvalue weighted by molar-refractivity contribution is 5.53. The molecule has 0 unspecified atom stereocenters. The van der Waals surface area contributed by atoms with Crippen molar-refractivity contribution in [2.45, 2.75) is 25.8 Å². The van der Waals surface area contributed by atoms with E-state index in [2.05, 4.69) is 10.6 Å². The number of nitro groups is 1.